The maximum atomic E-state index is 12.4. The minimum Gasteiger partial charge on any atom is -0.481 e. The van der Waals surface area contributed by atoms with Crippen LogP contribution in [0.2, 0.25) is 0 Å². The minimum atomic E-state index is -2.95. The van der Waals surface area contributed by atoms with Crippen LogP contribution in [-0.2, 0) is 27.2 Å². The zero-order valence-corrected chi connectivity index (χ0v) is 19.3. The highest BCUT2D eigenvalue weighted by atomic mass is 16.4. The van der Waals surface area contributed by atoms with Gasteiger partial charge in [-0.15, -0.1) is 0 Å². The average molecular weight is 472 g/mol. The minimum absolute atomic E-state index is 0.245. The monoisotopic (exact) mass is 471 g/mol. The van der Waals surface area contributed by atoms with Crippen molar-refractivity contribution in [3.8, 4) is 0 Å². The van der Waals surface area contributed by atoms with E-state index in [0.29, 0.717) is 25.9 Å². The van der Waals surface area contributed by atoms with E-state index in [1.807, 2.05) is 72.5 Å². The number of aryl methyl sites for hydroxylation is 2. The molecule has 2 rings (SSSR count). The van der Waals surface area contributed by atoms with Gasteiger partial charge in [0.15, 0.2) is 5.60 Å². The van der Waals surface area contributed by atoms with E-state index < -0.39 is 41.9 Å². The first-order valence-electron chi connectivity index (χ1n) is 11.4. The molecule has 0 aliphatic carbocycles. The van der Waals surface area contributed by atoms with Crippen LogP contribution in [0.4, 0.5) is 0 Å². The smallest absolute Gasteiger partial charge is 0.337 e. The molecule has 0 fully saturated rings. The van der Waals surface area contributed by atoms with Crippen molar-refractivity contribution < 1.29 is 34.8 Å². The van der Waals surface area contributed by atoms with Gasteiger partial charge in [-0.25, -0.2) is 4.79 Å². The number of carboxylic acid groups (broad SMARTS) is 3. The van der Waals surface area contributed by atoms with Crippen LogP contribution in [-0.4, -0.2) is 68.0 Å². The van der Waals surface area contributed by atoms with Gasteiger partial charge in [0.2, 0.25) is 0 Å². The van der Waals surface area contributed by atoms with E-state index in [9.17, 15) is 34.8 Å². The number of rotatable bonds is 15. The molecule has 0 radical (unpaired) electrons. The first-order chi connectivity index (χ1) is 16.2. The van der Waals surface area contributed by atoms with Crippen molar-refractivity contribution in [1.82, 2.24) is 4.90 Å². The molecule has 0 amide bonds. The van der Waals surface area contributed by atoms with Crippen LogP contribution in [0.3, 0.4) is 0 Å². The first-order valence-corrected chi connectivity index (χ1v) is 11.4. The lowest BCUT2D eigenvalue weighted by molar-refractivity contribution is -0.184. The molecule has 3 atom stereocenters. The van der Waals surface area contributed by atoms with E-state index >= 15 is 0 Å². The molecule has 0 spiro atoms. The molecule has 34 heavy (non-hydrogen) atoms. The van der Waals surface area contributed by atoms with Crippen LogP contribution in [0, 0.1) is 5.92 Å². The van der Waals surface area contributed by atoms with Crippen molar-refractivity contribution in [2.75, 3.05) is 13.1 Å². The molecule has 0 aliphatic heterocycles. The molecule has 0 heterocycles. The summed E-state index contributed by atoms with van der Waals surface area (Å²) in [5.41, 5.74) is -0.887. The van der Waals surface area contributed by atoms with Gasteiger partial charge in [-0.2, -0.15) is 0 Å². The summed E-state index contributed by atoms with van der Waals surface area (Å²) in [6, 6.07) is 18.3. The van der Waals surface area contributed by atoms with Gasteiger partial charge in [0, 0.05) is 6.04 Å². The molecule has 8 nitrogen and oxygen atoms in total. The Morgan fingerprint density at radius 3 is 1.85 bits per heavy atom. The third-order valence-corrected chi connectivity index (χ3v) is 6.16. The summed E-state index contributed by atoms with van der Waals surface area (Å²) in [7, 11) is 0. The summed E-state index contributed by atoms with van der Waals surface area (Å²) >= 11 is 0. The molecule has 4 N–H and O–H groups in total. The number of carbonyl (C=O) groups is 3. The maximum Gasteiger partial charge on any atom is 0.337 e. The van der Waals surface area contributed by atoms with Crippen molar-refractivity contribution >= 4 is 17.9 Å². The molecule has 0 saturated carbocycles. The average Bonchev–Trinajstić information content (AvgIpc) is 2.80. The van der Waals surface area contributed by atoms with Crippen LogP contribution in [0.1, 0.15) is 37.3 Å². The standard InChI is InChI=1S/C26H33NO7/c1-2-27(17-9-14-19-10-5-3-6-11-19)21(16-15-20-12-7-4-8-13-20)23(24(30)31)26(34,25(32)33)18-22(28)29/h3-8,10-13,21,23,34H,2,9,14-18H2,1H3,(H,28,29)(H,30,31)(H,32,33)/t21-,23-,26+/m1/s1. The quantitative estimate of drug-likeness (QED) is 0.311. The molecule has 2 aromatic carbocycles. The van der Waals surface area contributed by atoms with E-state index in [2.05, 4.69) is 0 Å². The highest BCUT2D eigenvalue weighted by Crippen LogP contribution is 2.32. The number of hydrogen-bond donors (Lipinski definition) is 4. The molecule has 0 aliphatic rings. The third kappa shape index (κ3) is 7.40. The number of nitrogens with zero attached hydrogens (tertiary/aromatic N) is 1. The van der Waals surface area contributed by atoms with Gasteiger partial charge in [0.1, 0.15) is 5.92 Å². The molecular formula is C26H33NO7. The van der Waals surface area contributed by atoms with Crippen LogP contribution < -0.4 is 0 Å². The molecular weight excluding hydrogens is 438 g/mol. The normalized spacial score (nSPS) is 14.8. The van der Waals surface area contributed by atoms with Crippen LogP contribution in [0.5, 0.6) is 0 Å². The Labute approximate surface area is 199 Å². The Bertz CT molecular complexity index is 935. The summed E-state index contributed by atoms with van der Waals surface area (Å²) in [6.07, 6.45) is 0.931. The molecule has 184 valence electrons. The second kappa shape index (κ2) is 12.9. The van der Waals surface area contributed by atoms with Crippen LogP contribution in [0.25, 0.3) is 0 Å². The Kier molecular flexibility index (Phi) is 10.2. The van der Waals surface area contributed by atoms with Crippen molar-refractivity contribution in [1.29, 1.82) is 0 Å². The number of aliphatic hydroxyl groups is 1. The predicted molar refractivity (Wildman–Crippen MR) is 127 cm³/mol. The first kappa shape index (κ1) is 27.0. The van der Waals surface area contributed by atoms with Gasteiger partial charge in [-0.3, -0.25) is 14.5 Å². The Morgan fingerprint density at radius 2 is 1.41 bits per heavy atom. The van der Waals surface area contributed by atoms with E-state index in [1.54, 1.807) is 0 Å². The van der Waals surface area contributed by atoms with Gasteiger partial charge in [-0.05, 0) is 49.9 Å². The Hall–Kier alpha value is -3.23. The molecule has 0 saturated heterocycles. The predicted octanol–water partition coefficient (Wildman–Crippen LogP) is 2.93. The summed E-state index contributed by atoms with van der Waals surface area (Å²) in [6.45, 7) is 2.73. The van der Waals surface area contributed by atoms with E-state index in [-0.39, 0.29) is 6.42 Å². The fourth-order valence-corrected chi connectivity index (χ4v) is 4.44. The zero-order chi connectivity index (χ0) is 25.1. The molecule has 2 aromatic rings. The third-order valence-electron chi connectivity index (χ3n) is 6.16. The van der Waals surface area contributed by atoms with E-state index in [1.165, 1.54) is 0 Å². The Balaban J connectivity index is 2.35. The summed E-state index contributed by atoms with van der Waals surface area (Å²) in [5, 5.41) is 39.9. The largest absolute Gasteiger partial charge is 0.481 e. The number of benzene rings is 2. The number of hydrogen-bond acceptors (Lipinski definition) is 5. The molecule has 0 bridgehead atoms. The maximum absolute atomic E-state index is 12.4. The summed E-state index contributed by atoms with van der Waals surface area (Å²) < 4.78 is 0. The van der Waals surface area contributed by atoms with Gasteiger partial charge < -0.3 is 20.4 Å². The number of carboxylic acids is 3. The lowest BCUT2D eigenvalue weighted by atomic mass is 9.76. The van der Waals surface area contributed by atoms with Crippen molar-refractivity contribution in [3.63, 3.8) is 0 Å². The van der Waals surface area contributed by atoms with Crippen molar-refractivity contribution in [3.05, 3.63) is 71.8 Å². The summed E-state index contributed by atoms with van der Waals surface area (Å²) in [4.78, 5) is 37.6. The van der Waals surface area contributed by atoms with Crippen LogP contribution >= 0.6 is 0 Å². The second-order valence-corrected chi connectivity index (χ2v) is 8.43. The van der Waals surface area contributed by atoms with Gasteiger partial charge >= 0.3 is 17.9 Å². The lowest BCUT2D eigenvalue weighted by Gasteiger charge is -2.40. The Morgan fingerprint density at radius 1 is 0.882 bits per heavy atom. The molecule has 0 unspecified atom stereocenters. The topological polar surface area (TPSA) is 135 Å². The van der Waals surface area contributed by atoms with Gasteiger partial charge in [0.05, 0.1) is 6.42 Å². The fraction of sp³-hybridized carbons (Fsp3) is 0.423. The fourth-order valence-electron chi connectivity index (χ4n) is 4.44. The van der Waals surface area contributed by atoms with Crippen LogP contribution in [0.15, 0.2) is 60.7 Å². The van der Waals surface area contributed by atoms with Crippen molar-refractivity contribution in [2.24, 2.45) is 5.92 Å². The van der Waals surface area contributed by atoms with Crippen molar-refractivity contribution in [2.45, 2.75) is 50.7 Å². The highest BCUT2D eigenvalue weighted by molar-refractivity contribution is 5.90. The van der Waals surface area contributed by atoms with Gasteiger partial charge in [0.25, 0.3) is 0 Å². The van der Waals surface area contributed by atoms with E-state index in [0.717, 1.165) is 17.5 Å². The molecule has 0 aromatic heterocycles. The SMILES string of the molecule is CCN(CCCc1ccccc1)[C@H](CCc1ccccc1)[C@H](C(=O)O)[C@@](O)(CC(=O)O)C(=O)O. The molecule has 8 heteroatoms. The lowest BCUT2D eigenvalue weighted by Crippen LogP contribution is -2.59. The van der Waals surface area contributed by atoms with Gasteiger partial charge in [-0.1, -0.05) is 67.6 Å². The number of aliphatic carboxylic acids is 3. The summed E-state index contributed by atoms with van der Waals surface area (Å²) in [5.74, 6) is -6.80. The highest BCUT2D eigenvalue weighted by Gasteiger charge is 2.54. The zero-order valence-electron chi connectivity index (χ0n) is 19.3. The second-order valence-electron chi connectivity index (χ2n) is 8.43. The van der Waals surface area contributed by atoms with E-state index in [4.69, 9.17) is 0 Å².